The molecule has 0 spiro atoms. The van der Waals surface area contributed by atoms with Crippen molar-refractivity contribution in [1.82, 2.24) is 4.90 Å². The maximum Gasteiger partial charge on any atom is 0.00993 e. The highest BCUT2D eigenvalue weighted by atomic mass is 15.2. The minimum atomic E-state index is 0.720. The van der Waals surface area contributed by atoms with Gasteiger partial charge < -0.3 is 5.73 Å². The van der Waals surface area contributed by atoms with Gasteiger partial charge in [0.15, 0.2) is 0 Å². The van der Waals surface area contributed by atoms with E-state index in [0.29, 0.717) is 0 Å². The Hall–Kier alpha value is -0.0800. The highest BCUT2D eigenvalue weighted by Gasteiger charge is 2.35. The Kier molecular flexibility index (Phi) is 2.89. The smallest absolute Gasteiger partial charge is 0.00993 e. The first kappa shape index (κ1) is 9.47. The number of hydrogen-bond acceptors (Lipinski definition) is 2. The Morgan fingerprint density at radius 1 is 1.31 bits per heavy atom. The number of nitrogens with zero attached hydrogens (tertiary/aromatic N) is 1. The van der Waals surface area contributed by atoms with Crippen LogP contribution in [0.1, 0.15) is 39.0 Å². The predicted octanol–water partition coefficient (Wildman–Crippen LogP) is 1.60. The molecule has 2 fully saturated rings. The highest BCUT2D eigenvalue weighted by Crippen LogP contribution is 2.36. The molecule has 0 aromatic carbocycles. The van der Waals surface area contributed by atoms with Gasteiger partial charge in [-0.2, -0.15) is 0 Å². The Morgan fingerprint density at radius 2 is 2.00 bits per heavy atom. The topological polar surface area (TPSA) is 29.3 Å². The van der Waals surface area contributed by atoms with Crippen LogP contribution < -0.4 is 5.73 Å². The van der Waals surface area contributed by atoms with E-state index in [1.54, 1.807) is 0 Å². The molecule has 0 aromatic rings. The minimum Gasteiger partial charge on any atom is -0.330 e. The fraction of sp³-hybridized carbons (Fsp3) is 1.00. The average molecular weight is 182 g/mol. The Morgan fingerprint density at radius 3 is 2.46 bits per heavy atom. The van der Waals surface area contributed by atoms with E-state index in [-0.39, 0.29) is 0 Å². The van der Waals surface area contributed by atoms with Crippen LogP contribution in [0.15, 0.2) is 0 Å². The third kappa shape index (κ3) is 2.68. The van der Waals surface area contributed by atoms with Gasteiger partial charge >= 0.3 is 0 Å². The normalized spacial score (nSPS) is 25.2. The van der Waals surface area contributed by atoms with Crippen LogP contribution in [0.3, 0.4) is 0 Å². The fourth-order valence-corrected chi connectivity index (χ4v) is 2.10. The summed E-state index contributed by atoms with van der Waals surface area (Å²) in [5, 5.41) is 0. The van der Waals surface area contributed by atoms with Crippen molar-refractivity contribution >= 4 is 0 Å². The fourth-order valence-electron chi connectivity index (χ4n) is 2.10. The second kappa shape index (κ2) is 3.97. The Balaban J connectivity index is 1.79. The van der Waals surface area contributed by atoms with Gasteiger partial charge in [-0.15, -0.1) is 0 Å². The first-order valence-corrected chi connectivity index (χ1v) is 5.77. The summed E-state index contributed by atoms with van der Waals surface area (Å²) in [4.78, 5) is 2.71. The molecule has 0 heterocycles. The van der Waals surface area contributed by atoms with Gasteiger partial charge in [-0.25, -0.2) is 0 Å². The zero-order chi connectivity index (χ0) is 9.26. The third-order valence-electron chi connectivity index (χ3n) is 3.33. The first-order chi connectivity index (χ1) is 6.31. The van der Waals surface area contributed by atoms with E-state index in [4.69, 9.17) is 5.73 Å². The summed E-state index contributed by atoms with van der Waals surface area (Å²) in [6.07, 6.45) is 6.98. The van der Waals surface area contributed by atoms with E-state index >= 15 is 0 Å². The molecule has 2 N–H and O–H groups in total. The van der Waals surface area contributed by atoms with Crippen molar-refractivity contribution in [3.05, 3.63) is 0 Å². The molecule has 0 saturated heterocycles. The van der Waals surface area contributed by atoms with Crippen LogP contribution in [0.2, 0.25) is 0 Å². The van der Waals surface area contributed by atoms with Crippen LogP contribution in [-0.2, 0) is 0 Å². The van der Waals surface area contributed by atoms with Crippen LogP contribution in [0, 0.1) is 5.92 Å². The molecule has 2 aliphatic carbocycles. The molecule has 0 aliphatic heterocycles. The Labute approximate surface area is 81.5 Å². The lowest BCUT2D eigenvalue weighted by atomic mass is 10.2. The van der Waals surface area contributed by atoms with E-state index in [1.807, 2.05) is 0 Å². The summed E-state index contributed by atoms with van der Waals surface area (Å²) in [5.41, 5.74) is 5.61. The molecule has 76 valence electrons. The molecule has 1 unspecified atom stereocenters. The van der Waals surface area contributed by atoms with E-state index in [1.165, 1.54) is 38.6 Å². The number of rotatable bonds is 6. The summed E-state index contributed by atoms with van der Waals surface area (Å²) in [5.74, 6) is 1.03. The monoisotopic (exact) mass is 182 g/mol. The van der Waals surface area contributed by atoms with Crippen LogP contribution in [0.5, 0.6) is 0 Å². The lowest BCUT2D eigenvalue weighted by Crippen LogP contribution is -2.37. The molecular formula is C11H22N2. The molecule has 0 aromatic heterocycles. The van der Waals surface area contributed by atoms with Crippen molar-refractivity contribution in [2.24, 2.45) is 11.7 Å². The van der Waals surface area contributed by atoms with Crippen LogP contribution in [-0.4, -0.2) is 30.1 Å². The lowest BCUT2D eigenvalue weighted by molar-refractivity contribution is 0.183. The molecule has 2 aliphatic rings. The van der Waals surface area contributed by atoms with Crippen molar-refractivity contribution in [2.45, 2.75) is 51.1 Å². The zero-order valence-corrected chi connectivity index (χ0v) is 8.71. The van der Waals surface area contributed by atoms with Gasteiger partial charge in [0.05, 0.1) is 0 Å². The van der Waals surface area contributed by atoms with Crippen molar-refractivity contribution in [1.29, 1.82) is 0 Å². The van der Waals surface area contributed by atoms with Crippen molar-refractivity contribution in [3.63, 3.8) is 0 Å². The lowest BCUT2D eigenvalue weighted by Gasteiger charge is -2.28. The number of hydrogen-bond donors (Lipinski definition) is 1. The quantitative estimate of drug-likeness (QED) is 0.676. The first-order valence-electron chi connectivity index (χ1n) is 5.77. The van der Waals surface area contributed by atoms with Gasteiger partial charge in [0.25, 0.3) is 0 Å². The van der Waals surface area contributed by atoms with E-state index in [2.05, 4.69) is 11.8 Å². The molecule has 13 heavy (non-hydrogen) atoms. The minimum absolute atomic E-state index is 0.720. The molecule has 2 rings (SSSR count). The van der Waals surface area contributed by atoms with E-state index in [0.717, 1.165) is 24.5 Å². The van der Waals surface area contributed by atoms with Gasteiger partial charge in [0.1, 0.15) is 0 Å². The summed E-state index contributed by atoms with van der Waals surface area (Å²) in [7, 11) is 0. The summed E-state index contributed by atoms with van der Waals surface area (Å²) in [6, 6.07) is 1.64. The summed E-state index contributed by atoms with van der Waals surface area (Å²) >= 11 is 0. The van der Waals surface area contributed by atoms with E-state index in [9.17, 15) is 0 Å². The Bertz CT molecular complexity index is 161. The second-order valence-corrected chi connectivity index (χ2v) is 4.80. The summed E-state index contributed by atoms with van der Waals surface area (Å²) < 4.78 is 0. The van der Waals surface area contributed by atoms with Gasteiger partial charge in [0.2, 0.25) is 0 Å². The highest BCUT2D eigenvalue weighted by molar-refractivity contribution is 4.90. The maximum atomic E-state index is 5.61. The van der Waals surface area contributed by atoms with Crippen molar-refractivity contribution in [2.75, 3.05) is 13.1 Å². The van der Waals surface area contributed by atoms with Gasteiger partial charge in [-0.1, -0.05) is 0 Å². The zero-order valence-electron chi connectivity index (χ0n) is 8.71. The third-order valence-corrected chi connectivity index (χ3v) is 3.33. The number of nitrogens with two attached hydrogens (primary N) is 1. The molecule has 0 amide bonds. The molecular weight excluding hydrogens is 160 g/mol. The van der Waals surface area contributed by atoms with E-state index < -0.39 is 0 Å². The van der Waals surface area contributed by atoms with Gasteiger partial charge in [0, 0.05) is 18.6 Å². The molecule has 0 bridgehead atoms. The largest absolute Gasteiger partial charge is 0.330 e. The molecule has 2 saturated carbocycles. The van der Waals surface area contributed by atoms with Gasteiger partial charge in [-0.05, 0) is 51.5 Å². The SMILES string of the molecule is CC(CCN)N(CC1CC1)C1CC1. The average Bonchev–Trinajstić information content (AvgIpc) is 2.95. The van der Waals surface area contributed by atoms with Crippen LogP contribution >= 0.6 is 0 Å². The van der Waals surface area contributed by atoms with Crippen molar-refractivity contribution in [3.8, 4) is 0 Å². The van der Waals surface area contributed by atoms with Crippen LogP contribution in [0.25, 0.3) is 0 Å². The molecule has 1 atom stereocenters. The molecule has 2 nitrogen and oxygen atoms in total. The summed E-state index contributed by atoms with van der Waals surface area (Å²) in [6.45, 7) is 4.54. The molecule has 0 radical (unpaired) electrons. The standard InChI is InChI=1S/C11H22N2/c1-9(6-7-12)13(11-4-5-11)8-10-2-3-10/h9-11H,2-8,12H2,1H3. The predicted molar refractivity (Wildman–Crippen MR) is 55.6 cm³/mol. The van der Waals surface area contributed by atoms with Gasteiger partial charge in [-0.3, -0.25) is 4.90 Å². The van der Waals surface area contributed by atoms with Crippen LogP contribution in [0.4, 0.5) is 0 Å². The molecule has 2 heteroatoms. The maximum absolute atomic E-state index is 5.61. The van der Waals surface area contributed by atoms with Crippen molar-refractivity contribution < 1.29 is 0 Å². The second-order valence-electron chi connectivity index (χ2n) is 4.80.